The SMILES string of the molecule is CC(N[C@@H](C)c1ccco1)c1cc(O)ccc1O. The van der Waals surface area contributed by atoms with E-state index >= 15 is 0 Å². The molecular weight excluding hydrogens is 230 g/mol. The van der Waals surface area contributed by atoms with Crippen LogP contribution in [0.5, 0.6) is 11.5 Å². The number of aromatic hydroxyl groups is 2. The normalized spacial score (nSPS) is 14.3. The van der Waals surface area contributed by atoms with Crippen LogP contribution in [0.4, 0.5) is 0 Å². The van der Waals surface area contributed by atoms with Gasteiger partial charge in [0.2, 0.25) is 0 Å². The topological polar surface area (TPSA) is 65.6 Å². The van der Waals surface area contributed by atoms with Gasteiger partial charge in [0.25, 0.3) is 0 Å². The Morgan fingerprint density at radius 2 is 1.89 bits per heavy atom. The summed E-state index contributed by atoms with van der Waals surface area (Å²) in [4.78, 5) is 0. The highest BCUT2D eigenvalue weighted by Gasteiger charge is 2.16. The molecule has 1 unspecified atom stereocenters. The Morgan fingerprint density at radius 1 is 1.11 bits per heavy atom. The Labute approximate surface area is 106 Å². The van der Waals surface area contributed by atoms with E-state index in [1.807, 2.05) is 26.0 Å². The summed E-state index contributed by atoms with van der Waals surface area (Å²) in [5.74, 6) is 1.14. The van der Waals surface area contributed by atoms with E-state index in [9.17, 15) is 10.2 Å². The van der Waals surface area contributed by atoms with Gasteiger partial charge in [0.15, 0.2) is 0 Å². The molecule has 0 aliphatic carbocycles. The van der Waals surface area contributed by atoms with Crippen LogP contribution in [0.1, 0.15) is 37.3 Å². The molecule has 0 bridgehead atoms. The molecule has 2 atom stereocenters. The van der Waals surface area contributed by atoms with E-state index in [4.69, 9.17) is 4.42 Å². The second-order valence-electron chi connectivity index (χ2n) is 4.37. The molecule has 2 aromatic rings. The van der Waals surface area contributed by atoms with Crippen molar-refractivity contribution in [2.24, 2.45) is 0 Å². The number of hydrogen-bond acceptors (Lipinski definition) is 4. The summed E-state index contributed by atoms with van der Waals surface area (Å²) in [6, 6.07) is 8.16. The molecule has 2 rings (SSSR count). The lowest BCUT2D eigenvalue weighted by Gasteiger charge is -2.19. The van der Waals surface area contributed by atoms with Crippen LogP contribution in [-0.4, -0.2) is 10.2 Å². The Kier molecular flexibility index (Phi) is 3.58. The molecule has 3 N–H and O–H groups in total. The molecule has 4 nitrogen and oxygen atoms in total. The lowest BCUT2D eigenvalue weighted by Crippen LogP contribution is -2.22. The predicted molar refractivity (Wildman–Crippen MR) is 68.4 cm³/mol. The van der Waals surface area contributed by atoms with Gasteiger partial charge in [-0.25, -0.2) is 0 Å². The van der Waals surface area contributed by atoms with Crippen LogP contribution >= 0.6 is 0 Å². The molecule has 1 heterocycles. The number of hydrogen-bond donors (Lipinski definition) is 3. The third kappa shape index (κ3) is 2.65. The van der Waals surface area contributed by atoms with Gasteiger partial charge in [-0.05, 0) is 44.2 Å². The van der Waals surface area contributed by atoms with Crippen molar-refractivity contribution < 1.29 is 14.6 Å². The van der Waals surface area contributed by atoms with Gasteiger partial charge < -0.3 is 19.9 Å². The fourth-order valence-electron chi connectivity index (χ4n) is 1.97. The molecule has 0 saturated carbocycles. The van der Waals surface area contributed by atoms with Crippen LogP contribution < -0.4 is 5.32 Å². The molecule has 18 heavy (non-hydrogen) atoms. The zero-order valence-electron chi connectivity index (χ0n) is 10.4. The molecule has 1 aromatic carbocycles. The van der Waals surface area contributed by atoms with E-state index in [1.165, 1.54) is 12.1 Å². The number of rotatable bonds is 4. The Balaban J connectivity index is 2.12. The third-order valence-electron chi connectivity index (χ3n) is 2.95. The first kappa shape index (κ1) is 12.5. The third-order valence-corrected chi connectivity index (χ3v) is 2.95. The maximum atomic E-state index is 9.77. The molecule has 0 amide bonds. The zero-order chi connectivity index (χ0) is 13.1. The quantitative estimate of drug-likeness (QED) is 0.726. The summed E-state index contributed by atoms with van der Waals surface area (Å²) >= 11 is 0. The van der Waals surface area contributed by atoms with E-state index in [0.29, 0.717) is 5.56 Å². The summed E-state index contributed by atoms with van der Waals surface area (Å²) in [7, 11) is 0. The number of nitrogens with one attached hydrogen (secondary N) is 1. The van der Waals surface area contributed by atoms with E-state index in [0.717, 1.165) is 5.76 Å². The van der Waals surface area contributed by atoms with Crippen molar-refractivity contribution in [3.8, 4) is 11.5 Å². The molecule has 4 heteroatoms. The summed E-state index contributed by atoms with van der Waals surface area (Å²) in [5.41, 5.74) is 0.661. The summed E-state index contributed by atoms with van der Waals surface area (Å²) in [6.07, 6.45) is 1.63. The average Bonchev–Trinajstić information content (AvgIpc) is 2.85. The number of furan rings is 1. The molecule has 0 spiro atoms. The molecule has 0 fully saturated rings. The van der Waals surface area contributed by atoms with Crippen molar-refractivity contribution >= 4 is 0 Å². The molecular formula is C14H17NO3. The van der Waals surface area contributed by atoms with Crippen molar-refractivity contribution in [3.63, 3.8) is 0 Å². The standard InChI is InChI=1S/C14H17NO3/c1-9(12-8-11(16)5-6-13(12)17)15-10(2)14-4-3-7-18-14/h3-10,15-17H,1-2H3/t9?,10-/m0/s1. The number of phenolic OH excluding ortho intramolecular Hbond substituents is 2. The van der Waals surface area contributed by atoms with Crippen LogP contribution in [0.2, 0.25) is 0 Å². The minimum atomic E-state index is -0.0998. The van der Waals surface area contributed by atoms with Crippen molar-refractivity contribution in [2.45, 2.75) is 25.9 Å². The van der Waals surface area contributed by atoms with Gasteiger partial charge in [-0.15, -0.1) is 0 Å². The van der Waals surface area contributed by atoms with Gasteiger partial charge in [-0.2, -0.15) is 0 Å². The smallest absolute Gasteiger partial charge is 0.120 e. The van der Waals surface area contributed by atoms with Gasteiger partial charge in [0, 0.05) is 11.6 Å². The number of benzene rings is 1. The van der Waals surface area contributed by atoms with Gasteiger partial charge >= 0.3 is 0 Å². The first-order valence-electron chi connectivity index (χ1n) is 5.89. The van der Waals surface area contributed by atoms with Crippen LogP contribution in [0, 0.1) is 0 Å². The van der Waals surface area contributed by atoms with Gasteiger partial charge in [0.05, 0.1) is 12.3 Å². The molecule has 0 radical (unpaired) electrons. The van der Waals surface area contributed by atoms with E-state index < -0.39 is 0 Å². The lowest BCUT2D eigenvalue weighted by molar-refractivity contribution is 0.390. The first-order chi connectivity index (χ1) is 8.58. The first-order valence-corrected chi connectivity index (χ1v) is 5.89. The Hall–Kier alpha value is -1.94. The highest BCUT2D eigenvalue weighted by atomic mass is 16.3. The minimum absolute atomic E-state index is 0.0248. The van der Waals surface area contributed by atoms with Gasteiger partial charge in [-0.1, -0.05) is 0 Å². The summed E-state index contributed by atoms with van der Waals surface area (Å²) < 4.78 is 5.31. The monoisotopic (exact) mass is 247 g/mol. The maximum Gasteiger partial charge on any atom is 0.120 e. The molecule has 0 aliphatic heterocycles. The van der Waals surface area contributed by atoms with Crippen LogP contribution in [-0.2, 0) is 0 Å². The highest BCUT2D eigenvalue weighted by Crippen LogP contribution is 2.29. The fraction of sp³-hybridized carbons (Fsp3) is 0.286. The summed E-state index contributed by atoms with van der Waals surface area (Å²) in [6.45, 7) is 3.91. The zero-order valence-corrected chi connectivity index (χ0v) is 10.4. The Bertz CT molecular complexity index is 508. The maximum absolute atomic E-state index is 9.77. The summed E-state index contributed by atoms with van der Waals surface area (Å²) in [5, 5.41) is 22.5. The molecule has 0 saturated heterocycles. The average molecular weight is 247 g/mol. The molecule has 96 valence electrons. The van der Waals surface area contributed by atoms with Crippen molar-refractivity contribution in [2.75, 3.05) is 0 Å². The van der Waals surface area contributed by atoms with Crippen LogP contribution in [0.3, 0.4) is 0 Å². The van der Waals surface area contributed by atoms with Crippen LogP contribution in [0.15, 0.2) is 41.0 Å². The highest BCUT2D eigenvalue weighted by molar-refractivity contribution is 5.40. The predicted octanol–water partition coefficient (Wildman–Crippen LogP) is 3.10. The fourth-order valence-corrected chi connectivity index (χ4v) is 1.97. The van der Waals surface area contributed by atoms with E-state index in [2.05, 4.69) is 5.32 Å². The molecule has 1 aromatic heterocycles. The molecule has 0 aliphatic rings. The lowest BCUT2D eigenvalue weighted by atomic mass is 10.1. The second-order valence-corrected chi connectivity index (χ2v) is 4.37. The van der Waals surface area contributed by atoms with Crippen LogP contribution in [0.25, 0.3) is 0 Å². The van der Waals surface area contributed by atoms with E-state index in [1.54, 1.807) is 12.3 Å². The van der Waals surface area contributed by atoms with Crippen molar-refractivity contribution in [1.29, 1.82) is 0 Å². The number of phenols is 2. The largest absolute Gasteiger partial charge is 0.508 e. The van der Waals surface area contributed by atoms with Crippen molar-refractivity contribution in [1.82, 2.24) is 5.32 Å². The van der Waals surface area contributed by atoms with Gasteiger partial charge in [-0.3, -0.25) is 0 Å². The Morgan fingerprint density at radius 3 is 2.56 bits per heavy atom. The van der Waals surface area contributed by atoms with Gasteiger partial charge in [0.1, 0.15) is 17.3 Å². The van der Waals surface area contributed by atoms with Crippen molar-refractivity contribution in [3.05, 3.63) is 47.9 Å². The van der Waals surface area contributed by atoms with E-state index in [-0.39, 0.29) is 23.6 Å². The minimum Gasteiger partial charge on any atom is -0.508 e. The second kappa shape index (κ2) is 5.14.